The number of carbonyl (C=O) groups is 1. The Morgan fingerprint density at radius 3 is 2.38 bits per heavy atom. The molecule has 0 bridgehead atoms. The minimum atomic E-state index is 0. The summed E-state index contributed by atoms with van der Waals surface area (Å²) in [5.41, 5.74) is 0. The molecular formula is C6H12BO. The molecule has 0 unspecified atom stereocenters. The molecule has 0 aromatic carbocycles. The summed E-state index contributed by atoms with van der Waals surface area (Å²) < 4.78 is 0. The van der Waals surface area contributed by atoms with Crippen molar-refractivity contribution in [2.75, 3.05) is 0 Å². The molecule has 0 aromatic rings. The third kappa shape index (κ3) is 9.22. The summed E-state index contributed by atoms with van der Waals surface area (Å²) in [5.74, 6) is 0. The lowest BCUT2D eigenvalue weighted by molar-refractivity contribution is -0.107. The van der Waals surface area contributed by atoms with Crippen LogP contribution in [0.4, 0.5) is 0 Å². The largest absolute Gasteiger partial charge is 0.303 e. The van der Waals surface area contributed by atoms with Gasteiger partial charge in [0.2, 0.25) is 0 Å². The molecule has 0 saturated heterocycles. The number of unbranched alkanes of at least 4 members (excludes halogenated alkanes) is 3. The highest BCUT2D eigenvalue weighted by Crippen LogP contribution is 1.94. The summed E-state index contributed by atoms with van der Waals surface area (Å²) in [4.78, 5) is 9.68. The van der Waals surface area contributed by atoms with E-state index in [-0.39, 0.29) is 8.41 Å². The van der Waals surface area contributed by atoms with E-state index in [2.05, 4.69) is 6.92 Å². The molecule has 0 atom stereocenters. The molecule has 0 aliphatic rings. The highest BCUT2D eigenvalue weighted by atomic mass is 16.1. The third-order valence-corrected chi connectivity index (χ3v) is 0.926. The van der Waals surface area contributed by atoms with Gasteiger partial charge in [-0.05, 0) is 6.42 Å². The van der Waals surface area contributed by atoms with E-state index >= 15 is 0 Å². The fraction of sp³-hybridized carbons (Fsp3) is 0.833. The van der Waals surface area contributed by atoms with Crippen LogP contribution in [0.25, 0.3) is 0 Å². The molecule has 0 aliphatic carbocycles. The third-order valence-electron chi connectivity index (χ3n) is 0.926. The minimum absolute atomic E-state index is 0. The van der Waals surface area contributed by atoms with Crippen molar-refractivity contribution in [3.8, 4) is 0 Å². The number of rotatable bonds is 4. The van der Waals surface area contributed by atoms with Gasteiger partial charge in [-0.3, -0.25) is 0 Å². The van der Waals surface area contributed by atoms with Crippen LogP contribution < -0.4 is 0 Å². The van der Waals surface area contributed by atoms with E-state index in [0.717, 1.165) is 19.1 Å². The Morgan fingerprint density at radius 1 is 1.38 bits per heavy atom. The first-order chi connectivity index (χ1) is 3.41. The maximum atomic E-state index is 9.68. The van der Waals surface area contributed by atoms with Crippen molar-refractivity contribution >= 4 is 14.7 Å². The molecule has 0 heterocycles. The van der Waals surface area contributed by atoms with E-state index in [1.807, 2.05) is 0 Å². The van der Waals surface area contributed by atoms with Gasteiger partial charge in [0.15, 0.2) is 0 Å². The zero-order chi connectivity index (χ0) is 5.54. The van der Waals surface area contributed by atoms with Crippen LogP contribution in [0, 0.1) is 0 Å². The second kappa shape index (κ2) is 9.88. The fourth-order valence-corrected chi connectivity index (χ4v) is 0.478. The maximum absolute atomic E-state index is 9.68. The quantitative estimate of drug-likeness (QED) is 0.304. The highest BCUT2D eigenvalue weighted by Gasteiger charge is 1.80. The molecule has 1 nitrogen and oxygen atoms in total. The lowest BCUT2D eigenvalue weighted by atomic mass is 10.2. The smallest absolute Gasteiger partial charge is 0.119 e. The number of hydrogen-bond acceptors (Lipinski definition) is 1. The molecule has 2 heteroatoms. The standard InChI is InChI=1S/C6H12O.B/c1-2-3-4-5-6-7;/h6H,2-5H2,1H3;. The Bertz CT molecular complexity index is 45.8. The van der Waals surface area contributed by atoms with Gasteiger partial charge >= 0.3 is 0 Å². The second-order valence-electron chi connectivity index (χ2n) is 1.66. The molecule has 0 aromatic heterocycles. The van der Waals surface area contributed by atoms with Crippen LogP contribution in [0.15, 0.2) is 0 Å². The van der Waals surface area contributed by atoms with Crippen LogP contribution in [0.2, 0.25) is 0 Å². The molecule has 3 radical (unpaired) electrons. The van der Waals surface area contributed by atoms with Gasteiger partial charge in [-0.2, -0.15) is 0 Å². The van der Waals surface area contributed by atoms with Crippen LogP contribution in [0.1, 0.15) is 32.6 Å². The van der Waals surface area contributed by atoms with Gasteiger partial charge in [0.1, 0.15) is 6.29 Å². The van der Waals surface area contributed by atoms with Crippen LogP contribution in [0.3, 0.4) is 0 Å². The van der Waals surface area contributed by atoms with Gasteiger partial charge < -0.3 is 4.79 Å². The van der Waals surface area contributed by atoms with Crippen molar-refractivity contribution in [2.45, 2.75) is 32.6 Å². The number of hydrogen-bond donors (Lipinski definition) is 0. The van der Waals surface area contributed by atoms with Crippen LogP contribution in [0.5, 0.6) is 0 Å². The summed E-state index contributed by atoms with van der Waals surface area (Å²) in [6.07, 6.45) is 5.19. The van der Waals surface area contributed by atoms with Gasteiger partial charge in [0.05, 0.1) is 0 Å². The highest BCUT2D eigenvalue weighted by molar-refractivity contribution is 5.75. The summed E-state index contributed by atoms with van der Waals surface area (Å²) in [6.45, 7) is 2.13. The number of aldehydes is 1. The first-order valence-corrected chi connectivity index (χ1v) is 2.85. The van der Waals surface area contributed by atoms with E-state index in [1.165, 1.54) is 12.8 Å². The van der Waals surface area contributed by atoms with E-state index in [9.17, 15) is 4.79 Å². The lowest BCUT2D eigenvalue weighted by Crippen LogP contribution is -1.73. The Balaban J connectivity index is 0. The Hall–Kier alpha value is -0.265. The zero-order valence-electron chi connectivity index (χ0n) is 5.39. The normalized spacial score (nSPS) is 7.62. The van der Waals surface area contributed by atoms with Crippen LogP contribution in [-0.4, -0.2) is 14.7 Å². The van der Waals surface area contributed by atoms with Gasteiger partial charge in [-0.1, -0.05) is 19.8 Å². The predicted octanol–water partition coefficient (Wildman–Crippen LogP) is 1.38. The predicted molar refractivity (Wildman–Crippen MR) is 36.0 cm³/mol. The van der Waals surface area contributed by atoms with E-state index in [0.29, 0.717) is 0 Å². The Morgan fingerprint density at radius 2 is 2.00 bits per heavy atom. The first kappa shape index (κ1) is 10.7. The summed E-state index contributed by atoms with van der Waals surface area (Å²) in [5, 5.41) is 0. The van der Waals surface area contributed by atoms with Crippen molar-refractivity contribution in [2.24, 2.45) is 0 Å². The summed E-state index contributed by atoms with van der Waals surface area (Å²) in [6, 6.07) is 0. The molecule has 0 amide bonds. The number of carbonyl (C=O) groups excluding carboxylic acids is 1. The average molecular weight is 111 g/mol. The molecule has 0 rings (SSSR count). The van der Waals surface area contributed by atoms with Crippen molar-refractivity contribution in [3.05, 3.63) is 0 Å². The van der Waals surface area contributed by atoms with Gasteiger partial charge in [-0.25, -0.2) is 0 Å². The van der Waals surface area contributed by atoms with E-state index in [4.69, 9.17) is 0 Å². The van der Waals surface area contributed by atoms with E-state index < -0.39 is 0 Å². The average Bonchev–Trinajstić information content (AvgIpc) is 1.69. The second-order valence-corrected chi connectivity index (χ2v) is 1.66. The zero-order valence-corrected chi connectivity index (χ0v) is 5.39. The Kier molecular flexibility index (Phi) is 13.2. The van der Waals surface area contributed by atoms with Gasteiger partial charge in [-0.15, -0.1) is 0 Å². The topological polar surface area (TPSA) is 17.1 Å². The molecule has 0 aliphatic heterocycles. The summed E-state index contributed by atoms with van der Waals surface area (Å²) >= 11 is 0. The molecule has 0 spiro atoms. The Labute approximate surface area is 53.0 Å². The first-order valence-electron chi connectivity index (χ1n) is 2.85. The molecule has 8 heavy (non-hydrogen) atoms. The molecule has 0 saturated carbocycles. The van der Waals surface area contributed by atoms with Crippen LogP contribution in [-0.2, 0) is 4.79 Å². The monoisotopic (exact) mass is 111 g/mol. The summed E-state index contributed by atoms with van der Waals surface area (Å²) in [7, 11) is 0. The van der Waals surface area contributed by atoms with Crippen molar-refractivity contribution in [1.82, 2.24) is 0 Å². The van der Waals surface area contributed by atoms with Crippen molar-refractivity contribution in [1.29, 1.82) is 0 Å². The van der Waals surface area contributed by atoms with Crippen LogP contribution >= 0.6 is 0 Å². The molecule has 0 N–H and O–H groups in total. The maximum Gasteiger partial charge on any atom is 0.119 e. The van der Waals surface area contributed by atoms with Crippen molar-refractivity contribution in [3.63, 3.8) is 0 Å². The van der Waals surface area contributed by atoms with Gasteiger partial charge in [0, 0.05) is 14.8 Å². The van der Waals surface area contributed by atoms with Crippen molar-refractivity contribution < 1.29 is 4.79 Å². The minimum Gasteiger partial charge on any atom is -0.303 e. The molecule has 0 fully saturated rings. The molecule has 45 valence electrons. The molecular weight excluding hydrogens is 98.9 g/mol. The van der Waals surface area contributed by atoms with Gasteiger partial charge in [0.25, 0.3) is 0 Å². The lowest BCUT2D eigenvalue weighted by Gasteiger charge is -1.85. The fourth-order valence-electron chi connectivity index (χ4n) is 0.478. The SMILES string of the molecule is CCCCCC=O.[B]. The van der Waals surface area contributed by atoms with E-state index in [1.54, 1.807) is 0 Å².